The van der Waals surface area contributed by atoms with Crippen molar-refractivity contribution in [3.05, 3.63) is 75.1 Å². The lowest BCUT2D eigenvalue weighted by Gasteiger charge is -2.07. The van der Waals surface area contributed by atoms with Crippen LogP contribution in [0.1, 0.15) is 11.1 Å². The number of hydrogen-bond donors (Lipinski definition) is 1. The normalized spacial score (nSPS) is 10.8. The predicted octanol–water partition coefficient (Wildman–Crippen LogP) is 3.59. The number of nitrogens with one attached hydrogen (secondary N) is 1. The molecule has 2 aromatic rings. The molecule has 0 unspecified atom stereocenters. The van der Waals surface area contributed by atoms with Crippen LogP contribution in [0.15, 0.2) is 48.0 Å². The molecule has 0 fully saturated rings. The molecule has 7 heteroatoms. The quantitative estimate of drug-likeness (QED) is 0.402. The van der Waals surface area contributed by atoms with Gasteiger partial charge in [0.1, 0.15) is 17.5 Å². The maximum Gasteiger partial charge on any atom is 0.269 e. The van der Waals surface area contributed by atoms with Crippen molar-refractivity contribution in [2.24, 2.45) is 0 Å². The standard InChI is InChI=1S/C17H12FN3O3/c1-11-8-15(21(23)24)6-7-16(11)20-17(22)13(10-19)9-12-2-4-14(18)5-3-12/h2-9H,1H3,(H,20,22)/b13-9-. The van der Waals surface area contributed by atoms with Gasteiger partial charge >= 0.3 is 0 Å². The zero-order chi connectivity index (χ0) is 17.7. The monoisotopic (exact) mass is 325 g/mol. The van der Waals surface area contributed by atoms with E-state index in [1.165, 1.54) is 48.5 Å². The minimum Gasteiger partial charge on any atom is -0.321 e. The minimum absolute atomic E-state index is 0.0899. The van der Waals surface area contributed by atoms with E-state index < -0.39 is 16.6 Å². The fourth-order valence-corrected chi connectivity index (χ4v) is 1.97. The van der Waals surface area contributed by atoms with Crippen molar-refractivity contribution in [2.45, 2.75) is 6.92 Å². The number of carbonyl (C=O) groups excluding carboxylic acids is 1. The van der Waals surface area contributed by atoms with Gasteiger partial charge in [-0.15, -0.1) is 0 Å². The summed E-state index contributed by atoms with van der Waals surface area (Å²) in [7, 11) is 0. The zero-order valence-electron chi connectivity index (χ0n) is 12.6. The molecule has 0 aliphatic heterocycles. The first kappa shape index (κ1) is 16.8. The van der Waals surface area contributed by atoms with Gasteiger partial charge in [0, 0.05) is 17.8 Å². The van der Waals surface area contributed by atoms with Gasteiger partial charge in [-0.3, -0.25) is 14.9 Å². The van der Waals surface area contributed by atoms with Gasteiger partial charge in [0.15, 0.2) is 0 Å². The molecule has 0 heterocycles. The van der Waals surface area contributed by atoms with Gasteiger partial charge in [0.05, 0.1) is 4.92 Å². The zero-order valence-corrected chi connectivity index (χ0v) is 12.6. The number of amides is 1. The highest BCUT2D eigenvalue weighted by Gasteiger charge is 2.13. The number of nitriles is 1. The van der Waals surface area contributed by atoms with Crippen LogP contribution in [0.4, 0.5) is 15.8 Å². The second kappa shape index (κ2) is 7.15. The summed E-state index contributed by atoms with van der Waals surface area (Å²) < 4.78 is 12.9. The first-order valence-corrected chi connectivity index (χ1v) is 6.84. The highest BCUT2D eigenvalue weighted by molar-refractivity contribution is 6.10. The van der Waals surface area contributed by atoms with E-state index in [0.717, 1.165) is 0 Å². The number of nitro groups is 1. The lowest BCUT2D eigenvalue weighted by molar-refractivity contribution is -0.384. The van der Waals surface area contributed by atoms with Crippen molar-refractivity contribution < 1.29 is 14.1 Å². The fourth-order valence-electron chi connectivity index (χ4n) is 1.97. The number of halogens is 1. The van der Waals surface area contributed by atoms with Gasteiger partial charge < -0.3 is 5.32 Å². The van der Waals surface area contributed by atoms with Crippen molar-refractivity contribution in [1.29, 1.82) is 5.26 Å². The lowest BCUT2D eigenvalue weighted by Crippen LogP contribution is -2.14. The van der Waals surface area contributed by atoms with E-state index in [2.05, 4.69) is 5.32 Å². The van der Waals surface area contributed by atoms with E-state index in [0.29, 0.717) is 16.8 Å². The first-order valence-electron chi connectivity index (χ1n) is 6.84. The number of nitrogens with zero attached hydrogens (tertiary/aromatic N) is 2. The Hall–Kier alpha value is -3.53. The fraction of sp³-hybridized carbons (Fsp3) is 0.0588. The van der Waals surface area contributed by atoms with Gasteiger partial charge in [0.2, 0.25) is 0 Å². The van der Waals surface area contributed by atoms with Crippen molar-refractivity contribution in [1.82, 2.24) is 0 Å². The number of anilines is 1. The van der Waals surface area contributed by atoms with Crippen LogP contribution in [0.25, 0.3) is 6.08 Å². The number of rotatable bonds is 4. The number of non-ortho nitro benzene ring substituents is 1. The molecule has 0 spiro atoms. The number of carbonyl (C=O) groups is 1. The van der Waals surface area contributed by atoms with Crippen LogP contribution in [0.5, 0.6) is 0 Å². The second-order valence-electron chi connectivity index (χ2n) is 4.93. The molecule has 0 atom stereocenters. The largest absolute Gasteiger partial charge is 0.321 e. The van der Waals surface area contributed by atoms with Crippen LogP contribution in [0, 0.1) is 34.2 Å². The summed E-state index contributed by atoms with van der Waals surface area (Å²) in [6, 6.07) is 11.1. The number of aryl methyl sites for hydroxylation is 1. The summed E-state index contributed by atoms with van der Waals surface area (Å²) in [6.45, 7) is 1.61. The van der Waals surface area contributed by atoms with Gasteiger partial charge in [-0.2, -0.15) is 5.26 Å². The topological polar surface area (TPSA) is 96.0 Å². The third kappa shape index (κ3) is 4.01. The van der Waals surface area contributed by atoms with E-state index in [-0.39, 0.29) is 11.3 Å². The van der Waals surface area contributed by atoms with Crippen LogP contribution in [-0.2, 0) is 4.79 Å². The van der Waals surface area contributed by atoms with E-state index in [4.69, 9.17) is 5.26 Å². The Morgan fingerprint density at radius 1 is 1.29 bits per heavy atom. The predicted molar refractivity (Wildman–Crippen MR) is 86.5 cm³/mol. The van der Waals surface area contributed by atoms with Crippen molar-refractivity contribution in [3.8, 4) is 6.07 Å². The van der Waals surface area contributed by atoms with Crippen molar-refractivity contribution >= 4 is 23.4 Å². The molecule has 2 rings (SSSR count). The van der Waals surface area contributed by atoms with Crippen LogP contribution >= 0.6 is 0 Å². The second-order valence-corrected chi connectivity index (χ2v) is 4.93. The van der Waals surface area contributed by atoms with Crippen LogP contribution in [0.3, 0.4) is 0 Å². The lowest BCUT2D eigenvalue weighted by atomic mass is 10.1. The first-order chi connectivity index (χ1) is 11.4. The number of benzene rings is 2. The van der Waals surface area contributed by atoms with Gasteiger partial charge in [0.25, 0.3) is 11.6 Å². The summed E-state index contributed by atoms with van der Waals surface area (Å²) in [5, 5.41) is 22.4. The summed E-state index contributed by atoms with van der Waals surface area (Å²) in [5.41, 5.74) is 1.11. The van der Waals surface area contributed by atoms with Crippen molar-refractivity contribution in [3.63, 3.8) is 0 Å². The van der Waals surface area contributed by atoms with Gasteiger partial charge in [-0.05, 0) is 42.3 Å². The summed E-state index contributed by atoms with van der Waals surface area (Å²) in [5.74, 6) is -1.07. The van der Waals surface area contributed by atoms with Crippen molar-refractivity contribution in [2.75, 3.05) is 5.32 Å². The van der Waals surface area contributed by atoms with Gasteiger partial charge in [-0.1, -0.05) is 12.1 Å². The Morgan fingerprint density at radius 2 is 1.96 bits per heavy atom. The SMILES string of the molecule is Cc1cc([N+](=O)[O-])ccc1NC(=O)/C(C#N)=C\c1ccc(F)cc1. The molecular formula is C17H12FN3O3. The smallest absolute Gasteiger partial charge is 0.269 e. The molecule has 1 N–H and O–H groups in total. The van der Waals surface area contributed by atoms with Crippen LogP contribution in [-0.4, -0.2) is 10.8 Å². The molecule has 120 valence electrons. The Morgan fingerprint density at radius 3 is 2.50 bits per heavy atom. The van der Waals surface area contributed by atoms with E-state index in [1.807, 2.05) is 0 Å². The molecule has 24 heavy (non-hydrogen) atoms. The highest BCUT2D eigenvalue weighted by atomic mass is 19.1. The average molecular weight is 325 g/mol. The molecule has 0 radical (unpaired) electrons. The van der Waals surface area contributed by atoms with Crippen LogP contribution < -0.4 is 5.32 Å². The van der Waals surface area contributed by atoms with Gasteiger partial charge in [-0.25, -0.2) is 4.39 Å². The molecule has 0 aliphatic rings. The third-order valence-corrected chi connectivity index (χ3v) is 3.22. The van der Waals surface area contributed by atoms with Crippen LogP contribution in [0.2, 0.25) is 0 Å². The van der Waals surface area contributed by atoms with E-state index >= 15 is 0 Å². The Balaban J connectivity index is 2.22. The molecule has 6 nitrogen and oxygen atoms in total. The number of hydrogen-bond acceptors (Lipinski definition) is 4. The minimum atomic E-state index is -0.654. The maximum absolute atomic E-state index is 12.9. The third-order valence-electron chi connectivity index (χ3n) is 3.22. The molecule has 0 bridgehead atoms. The molecular weight excluding hydrogens is 313 g/mol. The summed E-state index contributed by atoms with van der Waals surface area (Å²) >= 11 is 0. The molecule has 1 amide bonds. The molecule has 2 aromatic carbocycles. The highest BCUT2D eigenvalue weighted by Crippen LogP contribution is 2.22. The Labute approximate surface area is 137 Å². The molecule has 0 saturated heterocycles. The van der Waals surface area contributed by atoms with E-state index in [1.54, 1.807) is 13.0 Å². The molecule has 0 aliphatic carbocycles. The number of nitro benzene ring substituents is 1. The average Bonchev–Trinajstić information content (AvgIpc) is 2.55. The summed E-state index contributed by atoms with van der Waals surface area (Å²) in [4.78, 5) is 22.3. The summed E-state index contributed by atoms with van der Waals surface area (Å²) in [6.07, 6.45) is 1.33. The maximum atomic E-state index is 12.9. The molecule has 0 saturated carbocycles. The Kier molecular flexibility index (Phi) is 5.02. The Bertz CT molecular complexity index is 868. The molecule has 0 aromatic heterocycles. The van der Waals surface area contributed by atoms with E-state index in [9.17, 15) is 19.3 Å².